The van der Waals surface area contributed by atoms with Crippen molar-refractivity contribution in [2.45, 2.75) is 77.3 Å². The third-order valence-corrected chi connectivity index (χ3v) is 4.60. The summed E-state index contributed by atoms with van der Waals surface area (Å²) in [6, 6.07) is 1.11. The van der Waals surface area contributed by atoms with Gasteiger partial charge in [0.15, 0.2) is 0 Å². The molecule has 1 N–H and O–H groups in total. The van der Waals surface area contributed by atoms with E-state index >= 15 is 0 Å². The van der Waals surface area contributed by atoms with E-state index in [1.165, 1.54) is 38.5 Å². The van der Waals surface area contributed by atoms with Gasteiger partial charge in [0.25, 0.3) is 0 Å². The number of hydrogen-bond donors (Lipinski definition) is 1. The fraction of sp³-hybridized carbons (Fsp3) is 0.938. The van der Waals surface area contributed by atoms with Crippen LogP contribution in [-0.4, -0.2) is 36.0 Å². The lowest BCUT2D eigenvalue weighted by atomic mass is 9.97. The summed E-state index contributed by atoms with van der Waals surface area (Å²) in [5.74, 6) is 0.703. The normalized spacial score (nSPS) is 24.4. The van der Waals surface area contributed by atoms with Crippen molar-refractivity contribution < 1.29 is 4.79 Å². The second-order valence-corrected chi connectivity index (χ2v) is 6.26. The Kier molecular flexibility index (Phi) is 5.68. The average Bonchev–Trinajstić information content (AvgIpc) is 3.13. The van der Waals surface area contributed by atoms with E-state index in [0.717, 1.165) is 25.9 Å². The minimum Gasteiger partial charge on any atom is -0.338 e. The van der Waals surface area contributed by atoms with E-state index in [0.29, 0.717) is 18.0 Å². The van der Waals surface area contributed by atoms with Crippen molar-refractivity contribution in [2.24, 2.45) is 5.92 Å². The summed E-state index contributed by atoms with van der Waals surface area (Å²) in [4.78, 5) is 15.0. The highest BCUT2D eigenvalue weighted by molar-refractivity contribution is 5.79. The lowest BCUT2D eigenvalue weighted by Gasteiger charge is -2.29. The van der Waals surface area contributed by atoms with Crippen LogP contribution >= 0.6 is 0 Å². The molecule has 19 heavy (non-hydrogen) atoms. The molecule has 1 saturated heterocycles. The van der Waals surface area contributed by atoms with Crippen LogP contribution in [0.5, 0.6) is 0 Å². The van der Waals surface area contributed by atoms with Crippen molar-refractivity contribution in [3.63, 3.8) is 0 Å². The number of carbonyl (C=O) groups excluding carboxylic acids is 1. The molecule has 2 fully saturated rings. The van der Waals surface area contributed by atoms with Gasteiger partial charge in [-0.25, -0.2) is 0 Å². The summed E-state index contributed by atoms with van der Waals surface area (Å²) < 4.78 is 0. The molecule has 2 aliphatic rings. The monoisotopic (exact) mass is 266 g/mol. The van der Waals surface area contributed by atoms with E-state index in [-0.39, 0.29) is 5.92 Å². The minimum atomic E-state index is 0.266. The van der Waals surface area contributed by atoms with Crippen molar-refractivity contribution in [3.8, 4) is 0 Å². The third-order valence-electron chi connectivity index (χ3n) is 4.60. The van der Waals surface area contributed by atoms with Gasteiger partial charge >= 0.3 is 0 Å². The van der Waals surface area contributed by atoms with Crippen LogP contribution in [0.1, 0.15) is 65.2 Å². The predicted octanol–water partition coefficient (Wildman–Crippen LogP) is 2.95. The maximum absolute atomic E-state index is 12.7. The van der Waals surface area contributed by atoms with Crippen LogP contribution < -0.4 is 5.32 Å². The van der Waals surface area contributed by atoms with Crippen molar-refractivity contribution in [1.82, 2.24) is 10.2 Å². The SMILES string of the molecule is CCCCC(CC)C(=O)N(CC1CCCN1)C1CC1. The summed E-state index contributed by atoms with van der Waals surface area (Å²) in [5, 5.41) is 3.53. The molecule has 0 aromatic heterocycles. The van der Waals surface area contributed by atoms with Crippen molar-refractivity contribution in [1.29, 1.82) is 0 Å². The molecule has 2 unspecified atom stereocenters. The largest absolute Gasteiger partial charge is 0.338 e. The molecule has 110 valence electrons. The highest BCUT2D eigenvalue weighted by Gasteiger charge is 2.36. The van der Waals surface area contributed by atoms with Gasteiger partial charge < -0.3 is 10.2 Å². The number of carbonyl (C=O) groups is 1. The molecular formula is C16H30N2O. The fourth-order valence-corrected chi connectivity index (χ4v) is 3.14. The van der Waals surface area contributed by atoms with Crippen molar-refractivity contribution in [2.75, 3.05) is 13.1 Å². The van der Waals surface area contributed by atoms with Crippen LogP contribution in [0.2, 0.25) is 0 Å². The van der Waals surface area contributed by atoms with Crippen LogP contribution in [0.4, 0.5) is 0 Å². The van der Waals surface area contributed by atoms with E-state index in [9.17, 15) is 4.79 Å². The summed E-state index contributed by atoms with van der Waals surface area (Å²) in [6.45, 7) is 6.45. The molecule has 0 bridgehead atoms. The summed E-state index contributed by atoms with van der Waals surface area (Å²) in [7, 11) is 0. The zero-order valence-electron chi connectivity index (χ0n) is 12.7. The number of rotatable bonds is 8. The highest BCUT2D eigenvalue weighted by Crippen LogP contribution is 2.30. The molecule has 1 aliphatic heterocycles. The smallest absolute Gasteiger partial charge is 0.225 e. The third kappa shape index (κ3) is 4.20. The van der Waals surface area contributed by atoms with Crippen molar-refractivity contribution in [3.05, 3.63) is 0 Å². The molecule has 0 aromatic carbocycles. The zero-order valence-corrected chi connectivity index (χ0v) is 12.7. The Morgan fingerprint density at radius 3 is 2.63 bits per heavy atom. The molecule has 0 aromatic rings. The number of hydrogen-bond acceptors (Lipinski definition) is 2. The molecule has 1 aliphatic carbocycles. The second kappa shape index (κ2) is 7.28. The molecule has 2 atom stereocenters. The zero-order chi connectivity index (χ0) is 13.7. The molecule has 0 spiro atoms. The summed E-state index contributed by atoms with van der Waals surface area (Å²) >= 11 is 0. The van der Waals surface area contributed by atoms with Gasteiger partial charge in [-0.05, 0) is 45.1 Å². The molecule has 3 heteroatoms. The minimum absolute atomic E-state index is 0.266. The van der Waals surface area contributed by atoms with Gasteiger partial charge in [0.2, 0.25) is 5.91 Å². The molecule has 1 heterocycles. The van der Waals surface area contributed by atoms with Gasteiger partial charge in [-0.3, -0.25) is 4.79 Å². The first-order valence-corrected chi connectivity index (χ1v) is 8.30. The van der Waals surface area contributed by atoms with Gasteiger partial charge in [0.1, 0.15) is 0 Å². The predicted molar refractivity (Wildman–Crippen MR) is 79.1 cm³/mol. The van der Waals surface area contributed by atoms with Gasteiger partial charge in [0.05, 0.1) is 0 Å². The Balaban J connectivity index is 1.90. The Morgan fingerprint density at radius 1 is 1.32 bits per heavy atom. The van der Waals surface area contributed by atoms with E-state index in [2.05, 4.69) is 24.1 Å². The Morgan fingerprint density at radius 2 is 2.11 bits per heavy atom. The molecular weight excluding hydrogens is 236 g/mol. The highest BCUT2D eigenvalue weighted by atomic mass is 16.2. The fourth-order valence-electron chi connectivity index (χ4n) is 3.14. The van der Waals surface area contributed by atoms with Crippen LogP contribution in [0.25, 0.3) is 0 Å². The average molecular weight is 266 g/mol. The van der Waals surface area contributed by atoms with Gasteiger partial charge in [-0.1, -0.05) is 26.7 Å². The lowest BCUT2D eigenvalue weighted by molar-refractivity contribution is -0.136. The van der Waals surface area contributed by atoms with E-state index in [4.69, 9.17) is 0 Å². The van der Waals surface area contributed by atoms with Gasteiger partial charge in [-0.15, -0.1) is 0 Å². The van der Waals surface area contributed by atoms with Crippen molar-refractivity contribution >= 4 is 5.91 Å². The Bertz CT molecular complexity index is 282. The maximum atomic E-state index is 12.7. The molecule has 1 saturated carbocycles. The van der Waals surface area contributed by atoms with Crippen LogP contribution in [-0.2, 0) is 4.79 Å². The second-order valence-electron chi connectivity index (χ2n) is 6.26. The maximum Gasteiger partial charge on any atom is 0.225 e. The lowest BCUT2D eigenvalue weighted by Crippen LogP contribution is -2.44. The van der Waals surface area contributed by atoms with Crippen LogP contribution in [0.15, 0.2) is 0 Å². The molecule has 2 rings (SSSR count). The standard InChI is InChI=1S/C16H30N2O/c1-3-5-7-13(4-2)16(19)18(15-9-10-15)12-14-8-6-11-17-14/h13-15,17H,3-12H2,1-2H3. The Labute approximate surface area is 118 Å². The number of amides is 1. The first-order valence-electron chi connectivity index (χ1n) is 8.30. The summed E-state index contributed by atoms with van der Waals surface area (Å²) in [5.41, 5.74) is 0. The van der Waals surface area contributed by atoms with E-state index in [1.54, 1.807) is 0 Å². The van der Waals surface area contributed by atoms with E-state index in [1.807, 2.05) is 0 Å². The Hall–Kier alpha value is -0.570. The molecule has 0 radical (unpaired) electrons. The van der Waals surface area contributed by atoms with Crippen LogP contribution in [0.3, 0.4) is 0 Å². The number of nitrogens with one attached hydrogen (secondary N) is 1. The quantitative estimate of drug-likeness (QED) is 0.732. The number of nitrogens with zero attached hydrogens (tertiary/aromatic N) is 1. The van der Waals surface area contributed by atoms with Gasteiger partial charge in [0, 0.05) is 24.5 Å². The van der Waals surface area contributed by atoms with Crippen LogP contribution in [0, 0.1) is 5.92 Å². The van der Waals surface area contributed by atoms with E-state index < -0.39 is 0 Å². The number of unbranched alkanes of at least 4 members (excludes halogenated alkanes) is 1. The summed E-state index contributed by atoms with van der Waals surface area (Å²) in [6.07, 6.45) is 9.41. The topological polar surface area (TPSA) is 32.3 Å². The molecule has 1 amide bonds. The van der Waals surface area contributed by atoms with Gasteiger partial charge in [-0.2, -0.15) is 0 Å². The first kappa shape index (κ1) is 14.8. The molecule has 3 nitrogen and oxygen atoms in total. The first-order chi connectivity index (χ1) is 9.26.